The van der Waals surface area contributed by atoms with Crippen molar-refractivity contribution in [1.29, 1.82) is 5.26 Å². The van der Waals surface area contributed by atoms with Gasteiger partial charge >= 0.3 is 0 Å². The van der Waals surface area contributed by atoms with Gasteiger partial charge in [0.05, 0.1) is 17.5 Å². The number of hydrogen-bond acceptors (Lipinski definition) is 3. The van der Waals surface area contributed by atoms with Gasteiger partial charge in [-0.25, -0.2) is 0 Å². The van der Waals surface area contributed by atoms with Gasteiger partial charge in [0.25, 0.3) is 0 Å². The lowest BCUT2D eigenvalue weighted by molar-refractivity contribution is 0.170. The van der Waals surface area contributed by atoms with E-state index in [-0.39, 0.29) is 0 Å². The number of piperidine rings is 1. The molecule has 3 rings (SSSR count). The summed E-state index contributed by atoms with van der Waals surface area (Å²) in [5.74, 6) is 1.86. The Morgan fingerprint density at radius 1 is 1.08 bits per heavy atom. The van der Waals surface area contributed by atoms with Crippen molar-refractivity contribution in [2.45, 2.75) is 25.8 Å². The van der Waals surface area contributed by atoms with Crippen LogP contribution in [0.3, 0.4) is 0 Å². The molecule has 1 fully saturated rings. The Morgan fingerprint density at radius 2 is 1.73 bits per heavy atom. The molecule has 134 valence electrons. The van der Waals surface area contributed by atoms with Crippen molar-refractivity contribution >= 4 is 0 Å². The number of hydrogen-bond donors (Lipinski definition) is 0. The van der Waals surface area contributed by atoms with Crippen molar-refractivity contribution in [3.8, 4) is 6.07 Å². The molecule has 2 aromatic rings. The van der Waals surface area contributed by atoms with E-state index >= 15 is 0 Å². The van der Waals surface area contributed by atoms with E-state index in [0.717, 1.165) is 31.4 Å². The number of benzene rings is 2. The lowest BCUT2D eigenvalue weighted by Gasteiger charge is -2.38. The van der Waals surface area contributed by atoms with Crippen molar-refractivity contribution in [2.24, 2.45) is 5.92 Å². The highest BCUT2D eigenvalue weighted by Gasteiger charge is 2.21. The number of nitrogens with zero attached hydrogens (tertiary/aromatic N) is 3. The standard InChI is InChI=1S/C23H27N3/c1-19(25(2)18-23-10-8-22(17-24)9-11-23)26-14-12-21(13-15-26)16-20-6-4-3-5-7-20/h3-11,21H,1,12-16,18H2,2H3. The molecule has 0 atom stereocenters. The van der Waals surface area contributed by atoms with Crippen LogP contribution in [0, 0.1) is 17.2 Å². The minimum absolute atomic E-state index is 0.704. The van der Waals surface area contributed by atoms with Gasteiger partial charge in [-0.2, -0.15) is 5.26 Å². The highest BCUT2D eigenvalue weighted by molar-refractivity contribution is 5.31. The van der Waals surface area contributed by atoms with E-state index in [4.69, 9.17) is 5.26 Å². The SMILES string of the molecule is C=C(N(C)Cc1ccc(C#N)cc1)N1CCC(Cc2ccccc2)CC1. The molecule has 0 spiro atoms. The molecule has 2 aromatic carbocycles. The molecule has 0 N–H and O–H groups in total. The molecule has 0 aromatic heterocycles. The molecule has 1 heterocycles. The van der Waals surface area contributed by atoms with Crippen molar-refractivity contribution in [1.82, 2.24) is 9.80 Å². The fourth-order valence-electron chi connectivity index (χ4n) is 3.63. The number of rotatable bonds is 6. The molecule has 0 bridgehead atoms. The van der Waals surface area contributed by atoms with Crippen molar-refractivity contribution in [2.75, 3.05) is 20.1 Å². The minimum atomic E-state index is 0.704. The fourth-order valence-corrected chi connectivity index (χ4v) is 3.63. The average molecular weight is 345 g/mol. The van der Waals surface area contributed by atoms with E-state index in [1.165, 1.54) is 30.4 Å². The summed E-state index contributed by atoms with van der Waals surface area (Å²) in [5.41, 5.74) is 3.35. The van der Waals surface area contributed by atoms with Crippen molar-refractivity contribution < 1.29 is 0 Å². The summed E-state index contributed by atoms with van der Waals surface area (Å²) in [4.78, 5) is 4.62. The fraction of sp³-hybridized carbons (Fsp3) is 0.348. The largest absolute Gasteiger partial charge is 0.359 e. The lowest BCUT2D eigenvalue weighted by Crippen LogP contribution is -2.38. The summed E-state index contributed by atoms with van der Waals surface area (Å²) in [6.45, 7) is 7.29. The molecular weight excluding hydrogens is 318 g/mol. The summed E-state index contributed by atoms with van der Waals surface area (Å²) in [7, 11) is 2.09. The van der Waals surface area contributed by atoms with Crippen LogP contribution in [0.1, 0.15) is 29.5 Å². The third-order valence-corrected chi connectivity index (χ3v) is 5.29. The lowest BCUT2D eigenvalue weighted by atomic mass is 9.90. The Kier molecular flexibility index (Phi) is 5.96. The quantitative estimate of drug-likeness (QED) is 0.776. The van der Waals surface area contributed by atoms with Crippen LogP contribution in [0.25, 0.3) is 0 Å². The minimum Gasteiger partial charge on any atom is -0.359 e. The van der Waals surface area contributed by atoms with Gasteiger partial charge in [0.2, 0.25) is 0 Å². The zero-order valence-electron chi connectivity index (χ0n) is 15.6. The van der Waals surface area contributed by atoms with Crippen LogP contribution in [0.5, 0.6) is 0 Å². The summed E-state index contributed by atoms with van der Waals surface area (Å²) in [6, 6.07) is 20.8. The van der Waals surface area contributed by atoms with E-state index in [1.54, 1.807) is 0 Å². The van der Waals surface area contributed by atoms with E-state index in [9.17, 15) is 0 Å². The molecule has 0 saturated carbocycles. The topological polar surface area (TPSA) is 30.3 Å². The molecule has 0 radical (unpaired) electrons. The molecule has 26 heavy (non-hydrogen) atoms. The first-order valence-electron chi connectivity index (χ1n) is 9.33. The van der Waals surface area contributed by atoms with Crippen LogP contribution in [0.2, 0.25) is 0 Å². The number of likely N-dealkylation sites (tertiary alicyclic amines) is 1. The molecule has 1 aliphatic heterocycles. The Labute approximate surface area is 157 Å². The molecule has 0 aliphatic carbocycles. The van der Waals surface area contributed by atoms with Gasteiger partial charge in [-0.1, -0.05) is 49.0 Å². The van der Waals surface area contributed by atoms with Gasteiger partial charge in [-0.05, 0) is 48.4 Å². The Balaban J connectivity index is 1.48. The van der Waals surface area contributed by atoms with Crippen LogP contribution in [-0.2, 0) is 13.0 Å². The predicted octanol–water partition coefficient (Wildman–Crippen LogP) is 4.42. The van der Waals surface area contributed by atoms with Crippen LogP contribution in [0.4, 0.5) is 0 Å². The molecule has 3 heteroatoms. The van der Waals surface area contributed by atoms with Crippen molar-refractivity contribution in [3.63, 3.8) is 0 Å². The molecule has 1 saturated heterocycles. The maximum atomic E-state index is 8.90. The molecule has 1 aliphatic rings. The van der Waals surface area contributed by atoms with E-state index < -0.39 is 0 Å². The highest BCUT2D eigenvalue weighted by atomic mass is 15.3. The zero-order chi connectivity index (χ0) is 18.4. The third-order valence-electron chi connectivity index (χ3n) is 5.29. The van der Waals surface area contributed by atoms with Crippen LogP contribution >= 0.6 is 0 Å². The van der Waals surface area contributed by atoms with E-state index in [0.29, 0.717) is 5.56 Å². The normalized spacial score (nSPS) is 14.7. The van der Waals surface area contributed by atoms with Gasteiger partial charge in [0, 0.05) is 26.7 Å². The highest BCUT2D eigenvalue weighted by Crippen LogP contribution is 2.24. The Bertz CT molecular complexity index is 750. The van der Waals surface area contributed by atoms with Gasteiger partial charge in [-0.3, -0.25) is 0 Å². The summed E-state index contributed by atoms with van der Waals surface area (Å²) >= 11 is 0. The smallest absolute Gasteiger partial charge is 0.0991 e. The van der Waals surface area contributed by atoms with Crippen LogP contribution in [-0.4, -0.2) is 29.9 Å². The zero-order valence-corrected chi connectivity index (χ0v) is 15.6. The summed E-state index contributed by atoms with van der Waals surface area (Å²) in [6.07, 6.45) is 3.62. The van der Waals surface area contributed by atoms with Crippen molar-refractivity contribution in [3.05, 3.63) is 83.7 Å². The van der Waals surface area contributed by atoms with Gasteiger partial charge in [0.15, 0.2) is 0 Å². The van der Waals surface area contributed by atoms with Gasteiger partial charge in [0.1, 0.15) is 0 Å². The molecule has 0 unspecified atom stereocenters. The molecular formula is C23H27N3. The summed E-state index contributed by atoms with van der Waals surface area (Å²) in [5, 5.41) is 8.90. The first-order chi connectivity index (χ1) is 12.7. The van der Waals surface area contributed by atoms with E-state index in [2.05, 4.69) is 59.8 Å². The second kappa shape index (κ2) is 8.58. The van der Waals surface area contributed by atoms with Crippen LogP contribution < -0.4 is 0 Å². The predicted molar refractivity (Wildman–Crippen MR) is 106 cm³/mol. The van der Waals surface area contributed by atoms with Gasteiger partial charge < -0.3 is 9.80 Å². The monoisotopic (exact) mass is 345 g/mol. The first-order valence-corrected chi connectivity index (χ1v) is 9.33. The Hall–Kier alpha value is -2.73. The molecule has 3 nitrogen and oxygen atoms in total. The van der Waals surface area contributed by atoms with E-state index in [1.807, 2.05) is 24.3 Å². The maximum absolute atomic E-state index is 8.90. The van der Waals surface area contributed by atoms with Crippen LogP contribution in [0.15, 0.2) is 67.0 Å². The average Bonchev–Trinajstić information content (AvgIpc) is 2.69. The third kappa shape index (κ3) is 4.67. The molecule has 0 amide bonds. The maximum Gasteiger partial charge on any atom is 0.0991 e. The second-order valence-corrected chi connectivity index (χ2v) is 7.20. The van der Waals surface area contributed by atoms with Gasteiger partial charge in [-0.15, -0.1) is 0 Å². The Morgan fingerprint density at radius 3 is 2.35 bits per heavy atom. The number of nitriles is 1. The second-order valence-electron chi connectivity index (χ2n) is 7.20. The first kappa shape index (κ1) is 18.1. The summed E-state index contributed by atoms with van der Waals surface area (Å²) < 4.78 is 0.